The summed E-state index contributed by atoms with van der Waals surface area (Å²) in [6, 6.07) is 6.07. The highest BCUT2D eigenvalue weighted by Gasteiger charge is 2.23. The quantitative estimate of drug-likeness (QED) is 0.599. The van der Waals surface area contributed by atoms with Crippen LogP contribution >= 0.6 is 11.6 Å². The van der Waals surface area contributed by atoms with Gasteiger partial charge in [0.05, 0.1) is 0 Å². The molecule has 1 radical (unpaired) electrons. The van der Waals surface area contributed by atoms with Crippen molar-refractivity contribution < 1.29 is 0 Å². The SMILES string of the molecule is [CH2]c1cc(Cl)cc(C2CC2)c1. The van der Waals surface area contributed by atoms with Crippen molar-refractivity contribution >= 4 is 11.6 Å². The van der Waals surface area contributed by atoms with Crippen LogP contribution in [0.3, 0.4) is 0 Å². The van der Waals surface area contributed by atoms with E-state index < -0.39 is 0 Å². The summed E-state index contributed by atoms with van der Waals surface area (Å²) >= 11 is 5.88. The van der Waals surface area contributed by atoms with E-state index >= 15 is 0 Å². The first-order chi connectivity index (χ1) is 5.25. The minimum Gasteiger partial charge on any atom is -0.0843 e. The van der Waals surface area contributed by atoms with Gasteiger partial charge in [-0.3, -0.25) is 0 Å². The summed E-state index contributed by atoms with van der Waals surface area (Å²) < 4.78 is 0. The maximum Gasteiger partial charge on any atom is 0.0411 e. The number of halogens is 1. The van der Waals surface area contributed by atoms with Crippen molar-refractivity contribution in [1.29, 1.82) is 0 Å². The summed E-state index contributed by atoms with van der Waals surface area (Å²) in [5.74, 6) is 0.772. The fourth-order valence-electron chi connectivity index (χ4n) is 1.33. The molecule has 1 saturated carbocycles. The summed E-state index contributed by atoms with van der Waals surface area (Å²) in [6.07, 6.45) is 2.64. The van der Waals surface area contributed by atoms with Gasteiger partial charge in [0.25, 0.3) is 0 Å². The highest BCUT2D eigenvalue weighted by atomic mass is 35.5. The lowest BCUT2D eigenvalue weighted by Gasteiger charge is -2.00. The second-order valence-corrected chi connectivity index (χ2v) is 3.60. The normalized spacial score (nSPS) is 16.9. The largest absolute Gasteiger partial charge is 0.0843 e. The standard InChI is InChI=1S/C10H10Cl/c1-7-4-9(8-2-3-8)6-10(11)5-7/h4-6,8H,1-3H2. The van der Waals surface area contributed by atoms with Gasteiger partial charge in [-0.25, -0.2) is 0 Å². The minimum atomic E-state index is 0.772. The molecule has 0 nitrogen and oxygen atoms in total. The molecule has 0 unspecified atom stereocenters. The summed E-state index contributed by atoms with van der Waals surface area (Å²) in [4.78, 5) is 0. The molecule has 1 aromatic carbocycles. The van der Waals surface area contributed by atoms with Crippen LogP contribution in [0.2, 0.25) is 5.02 Å². The van der Waals surface area contributed by atoms with Crippen LogP contribution in [0.5, 0.6) is 0 Å². The highest BCUT2D eigenvalue weighted by molar-refractivity contribution is 6.30. The number of benzene rings is 1. The topological polar surface area (TPSA) is 0 Å². The second-order valence-electron chi connectivity index (χ2n) is 3.17. The molecule has 2 rings (SSSR count). The van der Waals surface area contributed by atoms with E-state index in [0.717, 1.165) is 16.5 Å². The van der Waals surface area contributed by atoms with Gasteiger partial charge < -0.3 is 0 Å². The molecule has 0 N–H and O–H groups in total. The Labute approximate surface area is 72.2 Å². The molecule has 0 aliphatic heterocycles. The van der Waals surface area contributed by atoms with E-state index in [1.807, 2.05) is 12.1 Å². The van der Waals surface area contributed by atoms with Gasteiger partial charge in [-0.15, -0.1) is 0 Å². The first-order valence-electron chi connectivity index (χ1n) is 3.88. The highest BCUT2D eigenvalue weighted by Crippen LogP contribution is 2.41. The van der Waals surface area contributed by atoms with Crippen LogP contribution in [0.1, 0.15) is 29.9 Å². The number of hydrogen-bond donors (Lipinski definition) is 0. The van der Waals surface area contributed by atoms with Gasteiger partial charge in [0.2, 0.25) is 0 Å². The van der Waals surface area contributed by atoms with Crippen molar-refractivity contribution in [3.8, 4) is 0 Å². The van der Waals surface area contributed by atoms with E-state index in [1.165, 1.54) is 18.4 Å². The van der Waals surface area contributed by atoms with Gasteiger partial charge in [-0.05, 0) is 48.9 Å². The molecule has 0 amide bonds. The molecule has 1 aliphatic rings. The second kappa shape index (κ2) is 2.53. The zero-order valence-electron chi connectivity index (χ0n) is 6.31. The van der Waals surface area contributed by atoms with Crippen LogP contribution in [0, 0.1) is 6.92 Å². The molecular weight excluding hydrogens is 156 g/mol. The van der Waals surface area contributed by atoms with E-state index in [9.17, 15) is 0 Å². The van der Waals surface area contributed by atoms with E-state index in [0.29, 0.717) is 0 Å². The third-order valence-electron chi connectivity index (χ3n) is 2.03. The predicted molar refractivity (Wildman–Crippen MR) is 47.9 cm³/mol. The molecule has 0 saturated heterocycles. The molecule has 1 fully saturated rings. The van der Waals surface area contributed by atoms with Crippen LogP contribution in [0.15, 0.2) is 18.2 Å². The van der Waals surface area contributed by atoms with Crippen molar-refractivity contribution in [3.05, 3.63) is 41.3 Å². The van der Waals surface area contributed by atoms with E-state index in [2.05, 4.69) is 13.0 Å². The monoisotopic (exact) mass is 165 g/mol. The smallest absolute Gasteiger partial charge is 0.0411 e. The lowest BCUT2D eigenvalue weighted by molar-refractivity contribution is 1.13. The van der Waals surface area contributed by atoms with Crippen LogP contribution in [-0.2, 0) is 0 Å². The average Bonchev–Trinajstić information content (AvgIpc) is 2.64. The molecule has 57 valence electrons. The molecule has 0 heterocycles. The number of hydrogen-bond acceptors (Lipinski definition) is 0. The Kier molecular flexibility index (Phi) is 1.65. The first kappa shape index (κ1) is 7.17. The van der Waals surface area contributed by atoms with E-state index in [-0.39, 0.29) is 0 Å². The van der Waals surface area contributed by atoms with Crippen LogP contribution in [-0.4, -0.2) is 0 Å². The third-order valence-corrected chi connectivity index (χ3v) is 2.25. The molecular formula is C10H10Cl. The zero-order chi connectivity index (χ0) is 7.84. The van der Waals surface area contributed by atoms with Crippen molar-refractivity contribution in [2.75, 3.05) is 0 Å². The van der Waals surface area contributed by atoms with Gasteiger partial charge in [0, 0.05) is 5.02 Å². The van der Waals surface area contributed by atoms with Gasteiger partial charge in [0.1, 0.15) is 0 Å². The Morgan fingerprint density at radius 2 is 2.00 bits per heavy atom. The Hall–Kier alpha value is -0.490. The molecule has 11 heavy (non-hydrogen) atoms. The molecule has 1 aromatic rings. The molecule has 0 atom stereocenters. The Bertz CT molecular complexity index is 254. The summed E-state index contributed by atoms with van der Waals surface area (Å²) in [5, 5.41) is 0.819. The van der Waals surface area contributed by atoms with Crippen molar-refractivity contribution in [2.24, 2.45) is 0 Å². The average molecular weight is 166 g/mol. The van der Waals surface area contributed by atoms with Gasteiger partial charge in [-0.1, -0.05) is 17.7 Å². The summed E-state index contributed by atoms with van der Waals surface area (Å²) in [5.41, 5.74) is 2.39. The number of rotatable bonds is 1. The lowest BCUT2D eigenvalue weighted by atomic mass is 10.1. The molecule has 0 spiro atoms. The van der Waals surface area contributed by atoms with E-state index in [4.69, 9.17) is 11.6 Å². The van der Waals surface area contributed by atoms with Crippen LogP contribution in [0.25, 0.3) is 0 Å². The van der Waals surface area contributed by atoms with Crippen LogP contribution in [0.4, 0.5) is 0 Å². The van der Waals surface area contributed by atoms with Gasteiger partial charge >= 0.3 is 0 Å². The molecule has 0 bridgehead atoms. The zero-order valence-corrected chi connectivity index (χ0v) is 7.06. The molecule has 1 heteroatoms. The minimum absolute atomic E-state index is 0.772. The van der Waals surface area contributed by atoms with Gasteiger partial charge in [0.15, 0.2) is 0 Å². The lowest BCUT2D eigenvalue weighted by Crippen LogP contribution is -1.80. The van der Waals surface area contributed by atoms with Gasteiger partial charge in [-0.2, -0.15) is 0 Å². The summed E-state index contributed by atoms with van der Waals surface area (Å²) in [6.45, 7) is 3.87. The van der Waals surface area contributed by atoms with E-state index in [1.54, 1.807) is 0 Å². The van der Waals surface area contributed by atoms with Crippen LogP contribution < -0.4 is 0 Å². The molecule has 1 aliphatic carbocycles. The maximum atomic E-state index is 5.88. The summed E-state index contributed by atoms with van der Waals surface area (Å²) in [7, 11) is 0. The van der Waals surface area contributed by atoms with Crippen molar-refractivity contribution in [1.82, 2.24) is 0 Å². The maximum absolute atomic E-state index is 5.88. The fourth-order valence-corrected chi connectivity index (χ4v) is 1.59. The third kappa shape index (κ3) is 1.57. The predicted octanol–water partition coefficient (Wildman–Crippen LogP) is 3.40. The van der Waals surface area contributed by atoms with Crippen molar-refractivity contribution in [3.63, 3.8) is 0 Å². The fraction of sp³-hybridized carbons (Fsp3) is 0.300. The Balaban J connectivity index is 2.39. The Morgan fingerprint density at radius 1 is 1.27 bits per heavy atom. The van der Waals surface area contributed by atoms with Crippen molar-refractivity contribution in [2.45, 2.75) is 18.8 Å². The molecule has 0 aromatic heterocycles. The Morgan fingerprint density at radius 3 is 2.55 bits per heavy atom. The first-order valence-corrected chi connectivity index (χ1v) is 4.26.